The molecule has 5 nitrogen and oxygen atoms in total. The molecule has 2 aromatic rings. The van der Waals surface area contributed by atoms with Gasteiger partial charge in [0.05, 0.1) is 23.4 Å². The number of primary amides is 1. The lowest BCUT2D eigenvalue weighted by atomic mass is 10.1. The first-order valence-corrected chi connectivity index (χ1v) is 7.47. The summed E-state index contributed by atoms with van der Waals surface area (Å²) in [5.74, 6) is -0.371. The minimum atomic E-state index is -0.590. The quantitative estimate of drug-likeness (QED) is 0.859. The topological polar surface area (TPSA) is 81.4 Å². The number of para-hydroxylation sites is 2. The van der Waals surface area contributed by atoms with Crippen LogP contribution in [0.15, 0.2) is 42.5 Å². The van der Waals surface area contributed by atoms with E-state index < -0.39 is 5.91 Å². The van der Waals surface area contributed by atoms with E-state index in [4.69, 9.17) is 10.5 Å². The van der Waals surface area contributed by atoms with Gasteiger partial charge in [0.15, 0.2) is 0 Å². The normalized spacial score (nSPS) is 10.2. The summed E-state index contributed by atoms with van der Waals surface area (Å²) in [4.78, 5) is 24.0. The first-order valence-electron chi connectivity index (χ1n) is 7.47. The molecule has 0 radical (unpaired) electrons. The molecule has 0 aromatic heterocycles. The van der Waals surface area contributed by atoms with Crippen LogP contribution >= 0.6 is 0 Å². The van der Waals surface area contributed by atoms with Crippen molar-refractivity contribution in [3.8, 4) is 5.75 Å². The van der Waals surface area contributed by atoms with E-state index in [0.29, 0.717) is 23.6 Å². The first kappa shape index (κ1) is 16.5. The molecule has 0 atom stereocenters. The standard InChI is InChI=1S/C18H20N2O3/c1-3-11-23-16-12(2)7-6-9-14(16)18(22)20-15-10-5-4-8-13(15)17(19)21/h4-10H,3,11H2,1-2H3,(H2,19,21)(H,20,22). The van der Waals surface area contributed by atoms with E-state index in [1.807, 2.05) is 19.9 Å². The van der Waals surface area contributed by atoms with Gasteiger partial charge in [0.25, 0.3) is 11.8 Å². The molecule has 2 rings (SSSR count). The zero-order chi connectivity index (χ0) is 16.8. The summed E-state index contributed by atoms with van der Waals surface area (Å²) >= 11 is 0. The van der Waals surface area contributed by atoms with Crippen LogP contribution in [0.3, 0.4) is 0 Å². The first-order chi connectivity index (χ1) is 11.0. The van der Waals surface area contributed by atoms with Gasteiger partial charge in [0.1, 0.15) is 5.75 Å². The Bertz CT molecular complexity index is 726. The molecule has 0 aliphatic heterocycles. The van der Waals surface area contributed by atoms with E-state index in [-0.39, 0.29) is 11.5 Å². The number of benzene rings is 2. The molecule has 0 aliphatic carbocycles. The fraction of sp³-hybridized carbons (Fsp3) is 0.222. The molecular weight excluding hydrogens is 292 g/mol. The third kappa shape index (κ3) is 3.88. The van der Waals surface area contributed by atoms with Gasteiger partial charge in [0, 0.05) is 0 Å². The molecule has 2 aromatic carbocycles. The highest BCUT2D eigenvalue weighted by molar-refractivity contribution is 6.10. The van der Waals surface area contributed by atoms with Crippen molar-refractivity contribution in [2.75, 3.05) is 11.9 Å². The summed E-state index contributed by atoms with van der Waals surface area (Å²) in [6.07, 6.45) is 0.847. The number of amides is 2. The van der Waals surface area contributed by atoms with Crippen LogP contribution in [0, 0.1) is 6.92 Å². The monoisotopic (exact) mass is 312 g/mol. The van der Waals surface area contributed by atoms with Crippen LogP contribution in [0.4, 0.5) is 5.69 Å². The number of carbonyl (C=O) groups excluding carboxylic acids is 2. The van der Waals surface area contributed by atoms with Crippen molar-refractivity contribution in [1.29, 1.82) is 0 Å². The molecule has 23 heavy (non-hydrogen) atoms. The number of hydrogen-bond donors (Lipinski definition) is 2. The van der Waals surface area contributed by atoms with Gasteiger partial charge in [-0.3, -0.25) is 9.59 Å². The van der Waals surface area contributed by atoms with E-state index in [1.54, 1.807) is 36.4 Å². The molecule has 0 saturated carbocycles. The van der Waals surface area contributed by atoms with Gasteiger partial charge in [-0.1, -0.05) is 31.2 Å². The van der Waals surface area contributed by atoms with Crippen LogP contribution in [-0.4, -0.2) is 18.4 Å². The Morgan fingerprint density at radius 1 is 1.09 bits per heavy atom. The molecule has 2 amide bonds. The highest BCUT2D eigenvalue weighted by atomic mass is 16.5. The van der Waals surface area contributed by atoms with E-state index in [2.05, 4.69) is 5.32 Å². The Balaban J connectivity index is 2.32. The summed E-state index contributed by atoms with van der Waals surface area (Å²) in [7, 11) is 0. The third-order valence-electron chi connectivity index (χ3n) is 3.35. The Morgan fingerprint density at radius 2 is 1.78 bits per heavy atom. The number of ether oxygens (including phenoxy) is 1. The molecule has 0 fully saturated rings. The maximum atomic E-state index is 12.6. The van der Waals surface area contributed by atoms with Gasteiger partial charge >= 0.3 is 0 Å². The highest BCUT2D eigenvalue weighted by Crippen LogP contribution is 2.25. The Morgan fingerprint density at radius 3 is 2.48 bits per heavy atom. The zero-order valence-electron chi connectivity index (χ0n) is 13.3. The molecule has 0 saturated heterocycles. The minimum absolute atomic E-state index is 0.268. The summed E-state index contributed by atoms with van der Waals surface area (Å²) in [5.41, 5.74) is 7.30. The second kappa shape index (κ2) is 7.45. The van der Waals surface area contributed by atoms with Crippen LogP contribution in [0.1, 0.15) is 39.6 Å². The third-order valence-corrected chi connectivity index (χ3v) is 3.35. The maximum absolute atomic E-state index is 12.6. The molecule has 5 heteroatoms. The number of nitrogens with one attached hydrogen (secondary N) is 1. The van der Waals surface area contributed by atoms with Crippen molar-refractivity contribution in [1.82, 2.24) is 0 Å². The van der Waals surface area contributed by atoms with Crippen molar-refractivity contribution in [3.05, 3.63) is 59.2 Å². The SMILES string of the molecule is CCCOc1c(C)cccc1C(=O)Nc1ccccc1C(N)=O. The Labute approximate surface area is 135 Å². The lowest BCUT2D eigenvalue weighted by molar-refractivity contribution is 0.100. The molecule has 0 bridgehead atoms. The van der Waals surface area contributed by atoms with E-state index in [0.717, 1.165) is 12.0 Å². The van der Waals surface area contributed by atoms with Gasteiger partial charge in [0.2, 0.25) is 0 Å². The number of carbonyl (C=O) groups is 2. The van der Waals surface area contributed by atoms with Crippen molar-refractivity contribution in [2.45, 2.75) is 20.3 Å². The molecule has 0 aliphatic rings. The number of rotatable bonds is 6. The van der Waals surface area contributed by atoms with E-state index >= 15 is 0 Å². The lowest BCUT2D eigenvalue weighted by Gasteiger charge is -2.14. The van der Waals surface area contributed by atoms with E-state index in [9.17, 15) is 9.59 Å². The molecule has 0 heterocycles. The summed E-state index contributed by atoms with van der Waals surface area (Å²) in [6, 6.07) is 12.0. The van der Waals surface area contributed by atoms with Crippen LogP contribution in [0.2, 0.25) is 0 Å². The van der Waals surface area contributed by atoms with E-state index in [1.165, 1.54) is 0 Å². The number of aryl methyl sites for hydroxylation is 1. The summed E-state index contributed by atoms with van der Waals surface area (Å²) in [6.45, 7) is 4.42. The van der Waals surface area contributed by atoms with Gasteiger partial charge in [-0.15, -0.1) is 0 Å². The van der Waals surface area contributed by atoms with Crippen molar-refractivity contribution in [2.24, 2.45) is 5.73 Å². The highest BCUT2D eigenvalue weighted by Gasteiger charge is 2.17. The Hall–Kier alpha value is -2.82. The lowest BCUT2D eigenvalue weighted by Crippen LogP contribution is -2.19. The van der Waals surface area contributed by atoms with Crippen LogP contribution in [-0.2, 0) is 0 Å². The van der Waals surface area contributed by atoms with Crippen LogP contribution in [0.5, 0.6) is 5.75 Å². The largest absolute Gasteiger partial charge is 0.492 e. The van der Waals surface area contributed by atoms with Gasteiger partial charge in [-0.25, -0.2) is 0 Å². The molecular formula is C18H20N2O3. The number of hydrogen-bond acceptors (Lipinski definition) is 3. The second-order valence-corrected chi connectivity index (χ2v) is 5.16. The van der Waals surface area contributed by atoms with Gasteiger partial charge in [-0.2, -0.15) is 0 Å². The summed E-state index contributed by atoms with van der Waals surface area (Å²) in [5, 5.41) is 2.73. The number of nitrogens with two attached hydrogens (primary N) is 1. The van der Waals surface area contributed by atoms with Crippen molar-refractivity contribution >= 4 is 17.5 Å². The number of anilines is 1. The molecule has 120 valence electrons. The van der Waals surface area contributed by atoms with Gasteiger partial charge < -0.3 is 15.8 Å². The predicted octanol–water partition coefficient (Wildman–Crippen LogP) is 3.14. The smallest absolute Gasteiger partial charge is 0.259 e. The van der Waals surface area contributed by atoms with Crippen molar-refractivity contribution in [3.63, 3.8) is 0 Å². The van der Waals surface area contributed by atoms with Gasteiger partial charge in [-0.05, 0) is 37.1 Å². The summed E-state index contributed by atoms with van der Waals surface area (Å²) < 4.78 is 5.70. The molecule has 0 unspecified atom stereocenters. The maximum Gasteiger partial charge on any atom is 0.259 e. The van der Waals surface area contributed by atoms with Crippen molar-refractivity contribution < 1.29 is 14.3 Å². The second-order valence-electron chi connectivity index (χ2n) is 5.16. The zero-order valence-corrected chi connectivity index (χ0v) is 13.3. The fourth-order valence-electron chi connectivity index (χ4n) is 2.22. The average Bonchev–Trinajstić information content (AvgIpc) is 2.53. The minimum Gasteiger partial charge on any atom is -0.492 e. The molecule has 3 N–H and O–H groups in total. The predicted molar refractivity (Wildman–Crippen MR) is 89.9 cm³/mol. The van der Waals surface area contributed by atoms with Crippen LogP contribution < -0.4 is 15.8 Å². The fourth-order valence-corrected chi connectivity index (χ4v) is 2.22. The average molecular weight is 312 g/mol. The van der Waals surface area contributed by atoms with Crippen LogP contribution in [0.25, 0.3) is 0 Å². The molecule has 0 spiro atoms. The Kier molecular flexibility index (Phi) is 5.36.